The second-order valence-electron chi connectivity index (χ2n) is 3.15. The third-order valence-electron chi connectivity index (χ3n) is 1.63. The van der Waals surface area contributed by atoms with Gasteiger partial charge in [0.2, 0.25) is 0 Å². The highest BCUT2D eigenvalue weighted by atomic mass is 32.1. The van der Waals surface area contributed by atoms with Crippen LogP contribution in [0.1, 0.15) is 24.5 Å². The Balaban J connectivity index is 2.32. The highest BCUT2D eigenvalue weighted by Gasteiger charge is 1.98. The molecule has 1 heterocycles. The van der Waals surface area contributed by atoms with Gasteiger partial charge in [-0.25, -0.2) is 4.98 Å². The molecular weight excluding hydrogens is 180 g/mol. The lowest BCUT2D eigenvalue weighted by molar-refractivity contribution is 0.725. The van der Waals surface area contributed by atoms with Gasteiger partial charge in [-0.15, -0.1) is 11.3 Å². The average Bonchev–Trinajstić information content (AvgIpc) is 2.52. The highest BCUT2D eigenvalue weighted by Crippen LogP contribution is 2.09. The molecule has 0 aliphatic carbocycles. The van der Waals surface area contributed by atoms with E-state index in [1.54, 1.807) is 11.3 Å². The van der Waals surface area contributed by atoms with Gasteiger partial charge in [0.25, 0.3) is 0 Å². The van der Waals surface area contributed by atoms with Crippen molar-refractivity contribution < 1.29 is 0 Å². The first-order valence-electron chi connectivity index (χ1n) is 4.50. The Labute approximate surface area is 83.7 Å². The lowest BCUT2D eigenvalue weighted by Crippen LogP contribution is -2.15. The molecule has 1 rings (SSSR count). The van der Waals surface area contributed by atoms with Crippen LogP contribution in [0.2, 0.25) is 0 Å². The Kier molecular flexibility index (Phi) is 4.12. The van der Waals surface area contributed by atoms with E-state index in [-0.39, 0.29) is 0 Å². The van der Waals surface area contributed by atoms with Gasteiger partial charge in [-0.05, 0) is 13.3 Å². The number of hydrogen-bond acceptors (Lipinski definition) is 3. The molecule has 1 N–H and O–H groups in total. The molecule has 0 bridgehead atoms. The van der Waals surface area contributed by atoms with E-state index in [1.807, 2.05) is 6.92 Å². The van der Waals surface area contributed by atoms with E-state index in [2.05, 4.69) is 29.2 Å². The fraction of sp³-hybridized carbons (Fsp3) is 0.500. The van der Waals surface area contributed by atoms with E-state index >= 15 is 0 Å². The van der Waals surface area contributed by atoms with E-state index in [1.165, 1.54) is 5.01 Å². The van der Waals surface area contributed by atoms with Gasteiger partial charge in [0.15, 0.2) is 0 Å². The Hall–Kier alpha value is -0.670. The number of rotatable bonds is 5. The van der Waals surface area contributed by atoms with Crippen molar-refractivity contribution in [1.29, 1.82) is 0 Å². The van der Waals surface area contributed by atoms with Crippen molar-refractivity contribution in [2.24, 2.45) is 0 Å². The van der Waals surface area contributed by atoms with Crippen molar-refractivity contribution in [3.8, 4) is 0 Å². The van der Waals surface area contributed by atoms with Crippen LogP contribution < -0.4 is 5.32 Å². The largest absolute Gasteiger partial charge is 0.307 e. The first kappa shape index (κ1) is 10.4. The van der Waals surface area contributed by atoms with Crippen molar-refractivity contribution in [2.75, 3.05) is 6.54 Å². The van der Waals surface area contributed by atoms with Crippen LogP contribution in [0.5, 0.6) is 0 Å². The lowest BCUT2D eigenvalue weighted by atomic mass is 10.3. The molecule has 0 saturated carbocycles. The SMILES string of the molecule is C=C(C)CNCc1csc(CC)n1. The minimum absolute atomic E-state index is 0.851. The lowest BCUT2D eigenvalue weighted by Gasteiger charge is -2.00. The molecule has 1 aromatic heterocycles. The molecule has 1 aromatic rings. The molecule has 0 aromatic carbocycles. The van der Waals surface area contributed by atoms with Gasteiger partial charge in [-0.1, -0.05) is 19.1 Å². The second-order valence-corrected chi connectivity index (χ2v) is 4.09. The minimum Gasteiger partial charge on any atom is -0.307 e. The summed E-state index contributed by atoms with van der Waals surface area (Å²) in [5, 5.41) is 6.61. The fourth-order valence-electron chi connectivity index (χ4n) is 0.996. The summed E-state index contributed by atoms with van der Waals surface area (Å²) in [6.07, 6.45) is 1.03. The summed E-state index contributed by atoms with van der Waals surface area (Å²) in [5.74, 6) is 0. The number of hydrogen-bond donors (Lipinski definition) is 1. The van der Waals surface area contributed by atoms with Crippen LogP contribution >= 0.6 is 11.3 Å². The maximum atomic E-state index is 4.45. The fourth-order valence-corrected chi connectivity index (χ4v) is 1.74. The van der Waals surface area contributed by atoms with Crippen molar-refractivity contribution in [1.82, 2.24) is 10.3 Å². The quantitative estimate of drug-likeness (QED) is 0.731. The summed E-state index contributed by atoms with van der Waals surface area (Å²) in [6, 6.07) is 0. The molecule has 2 nitrogen and oxygen atoms in total. The van der Waals surface area contributed by atoms with Crippen LogP contribution in [0.25, 0.3) is 0 Å². The zero-order valence-electron chi connectivity index (χ0n) is 8.26. The third-order valence-corrected chi connectivity index (χ3v) is 2.68. The topological polar surface area (TPSA) is 24.9 Å². The van der Waals surface area contributed by atoms with Gasteiger partial charge >= 0.3 is 0 Å². The highest BCUT2D eigenvalue weighted by molar-refractivity contribution is 7.09. The predicted octanol–water partition coefficient (Wildman–Crippen LogP) is 2.37. The minimum atomic E-state index is 0.851. The molecule has 0 radical (unpaired) electrons. The Bertz CT molecular complexity index is 278. The van der Waals surface area contributed by atoms with Crippen LogP contribution in [0.4, 0.5) is 0 Å². The molecule has 0 unspecified atom stereocenters. The maximum absolute atomic E-state index is 4.45. The predicted molar refractivity (Wildman–Crippen MR) is 58.0 cm³/mol. The zero-order chi connectivity index (χ0) is 9.68. The molecule has 0 amide bonds. The molecule has 0 saturated heterocycles. The van der Waals surface area contributed by atoms with Gasteiger partial charge in [-0.2, -0.15) is 0 Å². The molecule has 72 valence electrons. The molecule has 0 aliphatic rings. The van der Waals surface area contributed by atoms with Gasteiger partial charge < -0.3 is 5.32 Å². The van der Waals surface area contributed by atoms with Crippen LogP contribution in [-0.4, -0.2) is 11.5 Å². The van der Waals surface area contributed by atoms with E-state index in [0.29, 0.717) is 0 Å². The molecule has 0 aliphatic heterocycles. The normalized spacial score (nSPS) is 10.3. The molecule has 3 heteroatoms. The van der Waals surface area contributed by atoms with Crippen molar-refractivity contribution in [3.63, 3.8) is 0 Å². The van der Waals surface area contributed by atoms with Gasteiger partial charge in [0, 0.05) is 18.5 Å². The summed E-state index contributed by atoms with van der Waals surface area (Å²) < 4.78 is 0. The van der Waals surface area contributed by atoms with Gasteiger partial charge in [-0.3, -0.25) is 0 Å². The van der Waals surface area contributed by atoms with Crippen molar-refractivity contribution >= 4 is 11.3 Å². The summed E-state index contributed by atoms with van der Waals surface area (Å²) in [4.78, 5) is 4.45. The molecular formula is C10H16N2S. The molecule has 0 atom stereocenters. The van der Waals surface area contributed by atoms with Gasteiger partial charge in [0.1, 0.15) is 0 Å². The third kappa shape index (κ3) is 3.70. The first-order chi connectivity index (χ1) is 6.22. The van der Waals surface area contributed by atoms with Crippen molar-refractivity contribution in [3.05, 3.63) is 28.2 Å². The molecule has 13 heavy (non-hydrogen) atoms. The van der Waals surface area contributed by atoms with E-state index in [9.17, 15) is 0 Å². The van der Waals surface area contributed by atoms with Crippen LogP contribution in [0.15, 0.2) is 17.5 Å². The van der Waals surface area contributed by atoms with Crippen LogP contribution in [-0.2, 0) is 13.0 Å². The monoisotopic (exact) mass is 196 g/mol. The Morgan fingerprint density at radius 3 is 3.00 bits per heavy atom. The van der Waals surface area contributed by atoms with Gasteiger partial charge in [0.05, 0.1) is 10.7 Å². The summed E-state index contributed by atoms with van der Waals surface area (Å²) in [7, 11) is 0. The summed E-state index contributed by atoms with van der Waals surface area (Å²) in [6.45, 7) is 9.70. The number of aromatic nitrogens is 1. The zero-order valence-corrected chi connectivity index (χ0v) is 9.08. The number of nitrogens with one attached hydrogen (secondary N) is 1. The Morgan fingerprint density at radius 2 is 2.46 bits per heavy atom. The Morgan fingerprint density at radius 1 is 1.69 bits per heavy atom. The van der Waals surface area contributed by atoms with E-state index in [4.69, 9.17) is 0 Å². The summed E-state index contributed by atoms with van der Waals surface area (Å²) in [5.41, 5.74) is 2.30. The molecule has 0 spiro atoms. The average molecular weight is 196 g/mol. The standard InChI is InChI=1S/C10H16N2S/c1-4-10-12-9(7-13-10)6-11-5-8(2)3/h7,11H,2,4-6H2,1,3H3. The van der Waals surface area contributed by atoms with Crippen LogP contribution in [0, 0.1) is 0 Å². The number of aryl methyl sites for hydroxylation is 1. The first-order valence-corrected chi connectivity index (χ1v) is 5.38. The van der Waals surface area contributed by atoms with Crippen LogP contribution in [0.3, 0.4) is 0 Å². The maximum Gasteiger partial charge on any atom is 0.0926 e. The molecule has 0 fully saturated rings. The second kappa shape index (κ2) is 5.14. The van der Waals surface area contributed by atoms with Crippen molar-refractivity contribution in [2.45, 2.75) is 26.8 Å². The van der Waals surface area contributed by atoms with E-state index in [0.717, 1.165) is 30.8 Å². The number of thiazole rings is 1. The summed E-state index contributed by atoms with van der Waals surface area (Å²) >= 11 is 1.73. The number of nitrogens with zero attached hydrogens (tertiary/aromatic N) is 1. The smallest absolute Gasteiger partial charge is 0.0926 e. The van der Waals surface area contributed by atoms with E-state index < -0.39 is 0 Å².